The molecule has 0 aliphatic heterocycles. The summed E-state index contributed by atoms with van der Waals surface area (Å²) in [5.74, 6) is 0.635. The van der Waals surface area contributed by atoms with Crippen LogP contribution in [0, 0.1) is 0 Å². The van der Waals surface area contributed by atoms with E-state index >= 15 is 0 Å². The van der Waals surface area contributed by atoms with Crippen LogP contribution in [0.1, 0.15) is 35.7 Å². The second-order valence-corrected chi connectivity index (χ2v) is 8.10. The first-order valence-electron chi connectivity index (χ1n) is 9.44. The zero-order chi connectivity index (χ0) is 21.7. The lowest BCUT2D eigenvalue weighted by atomic mass is 10.1. The fourth-order valence-corrected chi connectivity index (χ4v) is 4.01. The zero-order valence-corrected chi connectivity index (χ0v) is 17.7. The summed E-state index contributed by atoms with van der Waals surface area (Å²) in [6.07, 6.45) is 1.06. The van der Waals surface area contributed by atoms with Gasteiger partial charge in [0.15, 0.2) is 0 Å². The number of nitrogens with one attached hydrogen (secondary N) is 2. The van der Waals surface area contributed by atoms with Gasteiger partial charge in [-0.15, -0.1) is 0 Å². The van der Waals surface area contributed by atoms with Gasteiger partial charge in [-0.1, -0.05) is 31.1 Å². The second-order valence-electron chi connectivity index (χ2n) is 6.42. The Morgan fingerprint density at radius 3 is 2.30 bits per heavy atom. The van der Waals surface area contributed by atoms with Crippen LogP contribution in [0.25, 0.3) is 0 Å². The summed E-state index contributed by atoms with van der Waals surface area (Å²) in [4.78, 5) is 13.0. The van der Waals surface area contributed by atoms with Crippen LogP contribution in [0.5, 0.6) is 5.75 Å². The summed E-state index contributed by atoms with van der Waals surface area (Å²) in [6.45, 7) is 3.75. The summed E-state index contributed by atoms with van der Waals surface area (Å²) >= 11 is 0. The number of methoxy groups -OCH3 is 1. The predicted molar refractivity (Wildman–Crippen MR) is 113 cm³/mol. The van der Waals surface area contributed by atoms with Gasteiger partial charge in [-0.2, -0.15) is 0 Å². The molecule has 0 saturated carbocycles. The molecule has 2 aromatic carbocycles. The first-order valence-corrected chi connectivity index (χ1v) is 10.9. The standard InChI is InChI=1S/C21H23N3O5S/c1-4-16-20(19(5-2)29-23-16)21(25)22-17-8-6-7-9-18(17)24-30(26,27)15-12-10-14(28-3)11-13-15/h6-13,24H,4-5H2,1-3H3,(H,22,25). The van der Waals surface area contributed by atoms with E-state index in [0.717, 1.165) is 0 Å². The Labute approximate surface area is 175 Å². The van der Waals surface area contributed by atoms with Gasteiger partial charge in [0.2, 0.25) is 0 Å². The summed E-state index contributed by atoms with van der Waals surface area (Å²) in [5, 5.41) is 6.71. The molecule has 3 rings (SSSR count). The molecule has 2 N–H and O–H groups in total. The van der Waals surface area contributed by atoms with Crippen molar-refractivity contribution < 1.29 is 22.5 Å². The van der Waals surface area contributed by atoms with Crippen LogP contribution >= 0.6 is 0 Å². The number of benzene rings is 2. The van der Waals surface area contributed by atoms with Crippen molar-refractivity contribution in [3.8, 4) is 5.75 Å². The molecular formula is C21H23N3O5S. The average molecular weight is 429 g/mol. The van der Waals surface area contributed by atoms with E-state index in [1.807, 2.05) is 13.8 Å². The first kappa shape index (κ1) is 21.4. The van der Waals surface area contributed by atoms with Gasteiger partial charge in [0, 0.05) is 6.42 Å². The molecule has 30 heavy (non-hydrogen) atoms. The summed E-state index contributed by atoms with van der Waals surface area (Å²) in [7, 11) is -2.36. The van der Waals surface area contributed by atoms with Crippen LogP contribution < -0.4 is 14.8 Å². The molecule has 158 valence electrons. The Kier molecular flexibility index (Phi) is 6.41. The van der Waals surface area contributed by atoms with Crippen molar-refractivity contribution >= 4 is 27.3 Å². The smallest absolute Gasteiger partial charge is 0.261 e. The van der Waals surface area contributed by atoms with E-state index in [1.165, 1.54) is 19.2 Å². The van der Waals surface area contributed by atoms with Crippen LogP contribution in [0.15, 0.2) is 57.9 Å². The number of aryl methyl sites for hydroxylation is 2. The van der Waals surface area contributed by atoms with Gasteiger partial charge in [-0.3, -0.25) is 9.52 Å². The maximum atomic E-state index is 12.9. The topological polar surface area (TPSA) is 111 Å². The van der Waals surface area contributed by atoms with Crippen molar-refractivity contribution in [3.05, 3.63) is 65.5 Å². The molecule has 1 heterocycles. The third-order valence-electron chi connectivity index (χ3n) is 4.51. The molecule has 1 amide bonds. The van der Waals surface area contributed by atoms with Crippen LogP contribution in [-0.2, 0) is 22.9 Å². The zero-order valence-electron chi connectivity index (χ0n) is 16.9. The highest BCUT2D eigenvalue weighted by atomic mass is 32.2. The van der Waals surface area contributed by atoms with Gasteiger partial charge in [0.1, 0.15) is 17.1 Å². The van der Waals surface area contributed by atoms with E-state index in [0.29, 0.717) is 41.3 Å². The van der Waals surface area contributed by atoms with Crippen molar-refractivity contribution in [2.24, 2.45) is 0 Å². The van der Waals surface area contributed by atoms with Crippen molar-refractivity contribution in [3.63, 3.8) is 0 Å². The molecule has 0 atom stereocenters. The predicted octanol–water partition coefficient (Wildman–Crippen LogP) is 3.86. The van der Waals surface area contributed by atoms with Gasteiger partial charge in [0.05, 0.1) is 29.1 Å². The highest BCUT2D eigenvalue weighted by molar-refractivity contribution is 7.92. The van der Waals surface area contributed by atoms with E-state index in [9.17, 15) is 13.2 Å². The normalized spacial score (nSPS) is 11.2. The van der Waals surface area contributed by atoms with Crippen molar-refractivity contribution in [1.82, 2.24) is 5.16 Å². The number of rotatable bonds is 8. The van der Waals surface area contributed by atoms with E-state index in [-0.39, 0.29) is 10.6 Å². The van der Waals surface area contributed by atoms with E-state index in [2.05, 4.69) is 15.2 Å². The molecule has 0 bridgehead atoms. The minimum absolute atomic E-state index is 0.0741. The molecule has 0 aliphatic carbocycles. The maximum absolute atomic E-state index is 12.9. The average Bonchev–Trinajstić information content (AvgIpc) is 3.18. The molecule has 0 saturated heterocycles. The fourth-order valence-electron chi connectivity index (χ4n) is 2.93. The van der Waals surface area contributed by atoms with Crippen LogP contribution in [0.4, 0.5) is 11.4 Å². The molecule has 3 aromatic rings. The molecular weight excluding hydrogens is 406 g/mol. The molecule has 0 aliphatic rings. The number of amides is 1. The number of nitrogens with zero attached hydrogens (tertiary/aromatic N) is 1. The van der Waals surface area contributed by atoms with Crippen molar-refractivity contribution in [2.45, 2.75) is 31.6 Å². The summed E-state index contributed by atoms with van der Waals surface area (Å²) < 4.78 is 38.4. The van der Waals surface area contributed by atoms with E-state index in [4.69, 9.17) is 9.26 Å². The molecule has 0 unspecified atom stereocenters. The monoisotopic (exact) mass is 429 g/mol. The third kappa shape index (κ3) is 4.46. The quantitative estimate of drug-likeness (QED) is 0.563. The van der Waals surface area contributed by atoms with Gasteiger partial charge in [0.25, 0.3) is 15.9 Å². The van der Waals surface area contributed by atoms with Gasteiger partial charge in [-0.05, 0) is 42.8 Å². The lowest BCUT2D eigenvalue weighted by Gasteiger charge is -2.14. The largest absolute Gasteiger partial charge is 0.497 e. The summed E-state index contributed by atoms with van der Waals surface area (Å²) in [6, 6.07) is 12.6. The van der Waals surface area contributed by atoms with Gasteiger partial charge >= 0.3 is 0 Å². The van der Waals surface area contributed by atoms with Crippen molar-refractivity contribution in [2.75, 3.05) is 17.1 Å². The first-order chi connectivity index (χ1) is 14.4. The number of carbonyl (C=O) groups excluding carboxylic acids is 1. The third-order valence-corrected chi connectivity index (χ3v) is 5.89. The molecule has 0 radical (unpaired) electrons. The lowest BCUT2D eigenvalue weighted by molar-refractivity contribution is 0.102. The minimum atomic E-state index is -3.86. The second kappa shape index (κ2) is 9.00. The number of hydrogen-bond donors (Lipinski definition) is 2. The number of hydrogen-bond acceptors (Lipinski definition) is 6. The summed E-state index contributed by atoms with van der Waals surface area (Å²) in [5.41, 5.74) is 1.51. The Morgan fingerprint density at radius 1 is 1.03 bits per heavy atom. The number of anilines is 2. The molecule has 0 fully saturated rings. The van der Waals surface area contributed by atoms with Crippen LogP contribution in [0.2, 0.25) is 0 Å². The Bertz CT molecular complexity index is 1120. The number of sulfonamides is 1. The lowest BCUT2D eigenvalue weighted by Crippen LogP contribution is -2.18. The van der Waals surface area contributed by atoms with Gasteiger partial charge in [-0.25, -0.2) is 8.42 Å². The van der Waals surface area contributed by atoms with Crippen LogP contribution in [0.3, 0.4) is 0 Å². The highest BCUT2D eigenvalue weighted by Gasteiger charge is 2.22. The number of aromatic nitrogens is 1. The Hall–Kier alpha value is -3.33. The van der Waals surface area contributed by atoms with E-state index < -0.39 is 15.9 Å². The number of carbonyl (C=O) groups is 1. The van der Waals surface area contributed by atoms with Gasteiger partial charge < -0.3 is 14.6 Å². The molecule has 9 heteroatoms. The Morgan fingerprint density at radius 2 is 1.70 bits per heavy atom. The van der Waals surface area contributed by atoms with Crippen molar-refractivity contribution in [1.29, 1.82) is 0 Å². The van der Waals surface area contributed by atoms with Crippen LogP contribution in [-0.4, -0.2) is 26.6 Å². The fraction of sp³-hybridized carbons (Fsp3) is 0.238. The SMILES string of the molecule is CCc1noc(CC)c1C(=O)Nc1ccccc1NS(=O)(=O)c1ccc(OC)cc1. The van der Waals surface area contributed by atoms with E-state index in [1.54, 1.807) is 36.4 Å². The number of ether oxygens (including phenoxy) is 1. The maximum Gasteiger partial charge on any atom is 0.261 e. The molecule has 8 nitrogen and oxygen atoms in total. The highest BCUT2D eigenvalue weighted by Crippen LogP contribution is 2.27. The minimum Gasteiger partial charge on any atom is -0.497 e. The number of para-hydroxylation sites is 2. The molecule has 1 aromatic heterocycles. The Balaban J connectivity index is 1.87. The molecule has 0 spiro atoms.